The lowest BCUT2D eigenvalue weighted by Crippen LogP contribution is -2.49. The molecule has 6 saturated carbocycles. The van der Waals surface area contributed by atoms with E-state index in [9.17, 15) is 88.3 Å². The van der Waals surface area contributed by atoms with Gasteiger partial charge in [0.1, 0.15) is 32.9 Å². The summed E-state index contributed by atoms with van der Waals surface area (Å²) >= 11 is 1.51. The molecule has 6 fully saturated rings. The zero-order valence-electron chi connectivity index (χ0n) is 79.4. The van der Waals surface area contributed by atoms with Crippen LogP contribution in [0, 0.1) is 35.5 Å². The Labute approximate surface area is 785 Å². The zero-order valence-corrected chi connectivity index (χ0v) is 80.3. The molecule has 6 aliphatic carbocycles. The Morgan fingerprint density at radius 2 is 0.699 bits per heavy atom. The first-order valence-corrected chi connectivity index (χ1v) is 49.7. The molecular formula is C91H159F7N20O14S. The Bertz CT molecular complexity index is 3490. The number of nitrogens with one attached hydrogen (secondary N) is 6. The van der Waals surface area contributed by atoms with Gasteiger partial charge < -0.3 is 80.7 Å². The van der Waals surface area contributed by atoms with Crippen LogP contribution in [0.3, 0.4) is 0 Å². The maximum Gasteiger partial charge on any atom is 0.420 e. The van der Waals surface area contributed by atoms with E-state index in [1.807, 2.05) is 25.3 Å². The number of thioether (sulfide) groups is 1. The summed E-state index contributed by atoms with van der Waals surface area (Å²) in [5, 5.41) is 35.7. The number of carbonyl (C=O) groups excluding carboxylic acids is 12. The summed E-state index contributed by atoms with van der Waals surface area (Å²) in [7, 11) is 3.74. The Hall–Kier alpha value is -7.45. The number of hydrogen-bond acceptors (Lipinski definition) is 27. The summed E-state index contributed by atoms with van der Waals surface area (Å²) in [5.41, 5.74) is 32.8. The molecule has 6 aliphatic rings. The number of hydrogen-bond donors (Lipinski definition) is 12. The van der Waals surface area contributed by atoms with E-state index in [4.69, 9.17) is 39.1 Å². The van der Waals surface area contributed by atoms with Gasteiger partial charge in [0.25, 0.3) is 11.8 Å². The van der Waals surface area contributed by atoms with Gasteiger partial charge in [-0.1, -0.05) is 82.3 Å². The van der Waals surface area contributed by atoms with Gasteiger partial charge in [-0.25, -0.2) is 22.2 Å². The maximum atomic E-state index is 13.2. The number of nitrogens with zero attached hydrogens (tertiary/aromatic N) is 8. The van der Waals surface area contributed by atoms with E-state index < -0.39 is 73.9 Å². The largest absolute Gasteiger partial charge is 0.420 e. The van der Waals surface area contributed by atoms with E-state index in [1.165, 1.54) is 33.8 Å². The van der Waals surface area contributed by atoms with Gasteiger partial charge in [0, 0.05) is 55.6 Å². The average molecular weight is 1920 g/mol. The topological polar surface area (TPSA) is 529 Å². The SMILES string of the molecule is CC(F)(F)C(OCC(=O)C(CCCCN)NC(=O)C1CCCC1)C(F)(F)F.CC(F)(F)COCC(=O)C(CCCCN)NC(=O)C1CCCC1.CN(C)CC(=O)C(CCCCN)NC(=O)C1CCCC1.CSCC(=O)C(CCCCN)NC(=O)C1CCCC1.NCCCCC(NC(=O)C1CCCC1)C(=O)Cn1ccnn1.NCCCCC(NC(=O)C1CCCC1)C(=O)Cn1ncnn1. The number of likely N-dealkylation sites (N-methyl/N-ethyl adjacent to an activating group) is 1. The van der Waals surface area contributed by atoms with Gasteiger partial charge in [-0.05, 0) is 257 Å². The molecule has 0 bridgehead atoms. The number of alkyl halides is 7. The first-order chi connectivity index (χ1) is 63.4. The minimum atomic E-state index is -5.32. The van der Waals surface area contributed by atoms with Crippen molar-refractivity contribution < 1.29 is 97.7 Å². The van der Waals surface area contributed by atoms with Crippen molar-refractivity contribution in [2.75, 3.05) is 91.7 Å². The fourth-order valence-electron chi connectivity index (χ4n) is 16.7. The third kappa shape index (κ3) is 52.1. The Morgan fingerprint density at radius 1 is 0.406 bits per heavy atom. The van der Waals surface area contributed by atoms with Crippen LogP contribution < -0.4 is 66.3 Å². The average Bonchev–Trinajstić information content (AvgIpc) is 1.48. The van der Waals surface area contributed by atoms with Gasteiger partial charge in [0.05, 0.1) is 54.7 Å². The number of rotatable bonds is 58. The molecule has 7 unspecified atom stereocenters. The number of halogens is 7. The molecule has 0 spiro atoms. The normalized spacial score (nSPS) is 17.3. The highest BCUT2D eigenvalue weighted by Crippen LogP contribution is 2.36. The minimum Gasteiger partial charge on any atom is -0.367 e. The molecule has 2 aromatic rings. The van der Waals surface area contributed by atoms with Crippen molar-refractivity contribution in [2.24, 2.45) is 69.9 Å². The number of amides is 6. The summed E-state index contributed by atoms with van der Waals surface area (Å²) in [6, 6.07) is -3.37. The quantitative estimate of drug-likeness (QED) is 0.0218. The summed E-state index contributed by atoms with van der Waals surface area (Å²) < 4.78 is 100. The number of tetrazole rings is 1. The van der Waals surface area contributed by atoms with Crippen molar-refractivity contribution in [3.8, 4) is 0 Å². The van der Waals surface area contributed by atoms with Gasteiger partial charge in [0.2, 0.25) is 41.5 Å². The molecule has 0 aliphatic heterocycles. The van der Waals surface area contributed by atoms with E-state index in [1.54, 1.807) is 6.20 Å². The van der Waals surface area contributed by atoms with Crippen LogP contribution in [0.1, 0.15) is 284 Å². The fourth-order valence-corrected chi connectivity index (χ4v) is 17.2. The molecule has 42 heteroatoms. The van der Waals surface area contributed by atoms with Gasteiger partial charge in [-0.15, -0.1) is 15.3 Å². The molecule has 0 aromatic carbocycles. The highest BCUT2D eigenvalue weighted by Gasteiger charge is 2.54. The van der Waals surface area contributed by atoms with Crippen molar-refractivity contribution in [1.29, 1.82) is 0 Å². The molecule has 18 N–H and O–H groups in total. The first kappa shape index (κ1) is 120. The number of ketones is 6. The van der Waals surface area contributed by atoms with Gasteiger partial charge >= 0.3 is 6.18 Å². The second-order valence-electron chi connectivity index (χ2n) is 36.2. The molecule has 133 heavy (non-hydrogen) atoms. The summed E-state index contributed by atoms with van der Waals surface area (Å²) in [4.78, 5) is 150. The highest BCUT2D eigenvalue weighted by atomic mass is 32.2. The Balaban J connectivity index is 0.000000412. The van der Waals surface area contributed by atoms with Crippen LogP contribution in [-0.2, 0) is 80.1 Å². The molecule has 34 nitrogen and oxygen atoms in total. The third-order valence-electron chi connectivity index (χ3n) is 24.3. The lowest BCUT2D eigenvalue weighted by atomic mass is 10.0. The Kier molecular flexibility index (Phi) is 61.7. The number of Topliss-reactive ketones (excluding diaryl/α,β-unsaturated/α-hetero) is 6. The molecule has 6 amide bonds. The molecule has 7 atom stereocenters. The van der Waals surface area contributed by atoms with Crippen molar-refractivity contribution >= 4 is 81.9 Å². The van der Waals surface area contributed by atoms with Crippen LogP contribution in [0.2, 0.25) is 0 Å². The monoisotopic (exact) mass is 1920 g/mol. The second-order valence-corrected chi connectivity index (χ2v) is 37.1. The molecule has 8 rings (SSSR count). The molecule has 0 radical (unpaired) electrons. The first-order valence-electron chi connectivity index (χ1n) is 48.3. The van der Waals surface area contributed by atoms with E-state index in [2.05, 4.69) is 62.4 Å². The van der Waals surface area contributed by atoms with Gasteiger partial charge in [-0.2, -0.15) is 29.7 Å². The minimum absolute atomic E-state index is 0.00449. The summed E-state index contributed by atoms with van der Waals surface area (Å²) in [5.74, 6) is -8.06. The van der Waals surface area contributed by atoms with Crippen LogP contribution >= 0.6 is 11.8 Å². The van der Waals surface area contributed by atoms with E-state index in [0.717, 1.165) is 212 Å². The van der Waals surface area contributed by atoms with Crippen LogP contribution in [0.4, 0.5) is 30.7 Å². The van der Waals surface area contributed by atoms with Crippen molar-refractivity contribution in [3.05, 3.63) is 18.7 Å². The van der Waals surface area contributed by atoms with E-state index in [-0.39, 0.29) is 138 Å². The third-order valence-corrected chi connectivity index (χ3v) is 24.8. The van der Waals surface area contributed by atoms with Crippen LogP contribution in [0.25, 0.3) is 0 Å². The lowest BCUT2D eigenvalue weighted by Gasteiger charge is -2.27. The summed E-state index contributed by atoms with van der Waals surface area (Å²) in [6.07, 6.45) is 33.7. The molecular weight excluding hydrogens is 1760 g/mol. The molecule has 2 heterocycles. The fraction of sp³-hybridized carbons (Fsp3) is 0.835. The van der Waals surface area contributed by atoms with Crippen LogP contribution in [0.5, 0.6) is 0 Å². The molecule has 0 saturated heterocycles. The number of ether oxygens (including phenoxy) is 2. The van der Waals surface area contributed by atoms with E-state index in [0.29, 0.717) is 109 Å². The Morgan fingerprint density at radius 3 is 0.955 bits per heavy atom. The summed E-state index contributed by atoms with van der Waals surface area (Å²) in [6.45, 7) is 2.29. The standard InChI is InChI=1S/C17H27F5N2O3.C16H28F2N2O3.C15H25N5O2.C15H29N3O2.C14H24N6O2.C14H26N2O2S/c1-16(18,19)15(17(20,21)22)27-10-13(25)12(8-4-5-9-23)24-14(26)11-6-2-3-7-11;1-16(17,18)11-23-10-14(21)13(8-4-5-9-19)20-15(22)12-6-2-3-7-12;16-8-4-3-7-13(14(21)11-20-10-9-17-19-20)18-15(22)12-5-1-2-6-12;1-18(2)11-14(19)13(9-5-6-10-16)17-15(20)12-7-3-4-8-12;15-8-4-3-7-12(13(21)9-20-17-10-16-19-20)18-14(22)11-5-1-2-6-11;1-19-10-13(17)12(8-4-5-9-15)16-14(18)11-6-2-3-7-11/h11-12,15H,2-10,23H2,1H3,(H,24,26);12-13H,2-11,19H2,1H3,(H,20,22);9-10,12-13H,1-8,11,16H2,(H,18,22);12-13H,3-11,16H2,1-2H3,(H,17,20);10-12H,1-9,15H2,(H,18,22);11-12H,2-10,15H2,1H3,(H,16,18). The number of unbranched alkanes of at least 4 members (excludes halogenated alkanes) is 6. The zero-order chi connectivity index (χ0) is 98.6. The van der Waals surface area contributed by atoms with E-state index >= 15 is 0 Å². The molecule has 762 valence electrons. The number of nitrogens with two attached hydrogens (primary N) is 6. The predicted octanol–water partition coefficient (Wildman–Crippen LogP) is 8.33. The second kappa shape index (κ2) is 68.5. The maximum absolute atomic E-state index is 13.2. The van der Waals surface area contributed by atoms with Gasteiger partial charge in [-0.3, -0.25) is 57.5 Å². The van der Waals surface area contributed by atoms with Crippen molar-refractivity contribution in [2.45, 2.75) is 357 Å². The smallest absolute Gasteiger partial charge is 0.367 e. The van der Waals surface area contributed by atoms with Crippen molar-refractivity contribution in [1.82, 2.24) is 72.0 Å². The number of carbonyl (C=O) groups is 12. The highest BCUT2D eigenvalue weighted by molar-refractivity contribution is 7.99. The van der Waals surface area contributed by atoms with Gasteiger partial charge in [0.15, 0.2) is 41.0 Å². The van der Waals surface area contributed by atoms with Crippen LogP contribution in [-0.4, -0.2) is 262 Å². The molecule has 2 aromatic heterocycles. The lowest BCUT2D eigenvalue weighted by molar-refractivity contribution is -0.278. The van der Waals surface area contributed by atoms with Crippen LogP contribution in [0.15, 0.2) is 18.7 Å². The number of aromatic nitrogens is 7. The predicted molar refractivity (Wildman–Crippen MR) is 493 cm³/mol. The van der Waals surface area contributed by atoms with Crippen molar-refractivity contribution in [3.63, 3.8) is 0 Å².